The van der Waals surface area contributed by atoms with Gasteiger partial charge in [-0.05, 0) is 25.3 Å². The van der Waals surface area contributed by atoms with Gasteiger partial charge in [0.1, 0.15) is 5.15 Å². The molecule has 0 aliphatic heterocycles. The zero-order valence-corrected chi connectivity index (χ0v) is 14.4. The molecule has 3 rings (SSSR count). The van der Waals surface area contributed by atoms with E-state index in [1.165, 1.54) is 12.8 Å². The third-order valence-electron chi connectivity index (χ3n) is 4.32. The monoisotopic (exact) mass is 336 g/mol. The molecule has 1 unspecified atom stereocenters. The van der Waals surface area contributed by atoms with Crippen LogP contribution >= 0.6 is 11.6 Å². The summed E-state index contributed by atoms with van der Waals surface area (Å²) in [4.78, 5) is 0. The minimum absolute atomic E-state index is 0.341. The molecule has 0 N–H and O–H groups in total. The van der Waals surface area contributed by atoms with E-state index in [2.05, 4.69) is 17.2 Å². The fourth-order valence-electron chi connectivity index (χ4n) is 3.03. The van der Waals surface area contributed by atoms with Crippen molar-refractivity contribution in [2.45, 2.75) is 50.2 Å². The Hall–Kier alpha value is -1.13. The molecule has 1 aromatic carbocycles. The minimum atomic E-state index is -0.838. The highest BCUT2D eigenvalue weighted by Crippen LogP contribution is 2.28. The third-order valence-corrected chi connectivity index (χ3v) is 6.53. The van der Waals surface area contributed by atoms with Gasteiger partial charge in [0.05, 0.1) is 18.0 Å². The number of nitrogens with zero attached hydrogens (tertiary/aromatic N) is 2. The molecular formula is C17H21ClN2OS. The Balaban J connectivity index is 1.76. The van der Waals surface area contributed by atoms with Crippen molar-refractivity contribution in [1.29, 1.82) is 0 Å². The molecule has 0 bridgehead atoms. The second kappa shape index (κ2) is 6.97. The molecule has 0 radical (unpaired) electrons. The molecule has 2 aromatic rings. The summed E-state index contributed by atoms with van der Waals surface area (Å²) in [5.74, 6) is 0.532. The van der Waals surface area contributed by atoms with Crippen LogP contribution in [0.15, 0.2) is 30.3 Å². The molecule has 1 atom stereocenters. The van der Waals surface area contributed by atoms with Crippen LogP contribution in [-0.4, -0.2) is 19.2 Å². The molecule has 1 saturated carbocycles. The van der Waals surface area contributed by atoms with Gasteiger partial charge in [-0.3, -0.25) is 4.21 Å². The van der Waals surface area contributed by atoms with Crippen LogP contribution in [-0.2, 0) is 23.1 Å². The lowest BCUT2D eigenvalue weighted by molar-refractivity contribution is 0.668. The Labute approximate surface area is 139 Å². The number of hydrogen-bond donors (Lipinski definition) is 0. The normalized spacial score (nSPS) is 17.0. The highest BCUT2D eigenvalue weighted by Gasteiger charge is 2.24. The molecule has 3 nitrogen and oxygen atoms in total. The SMILES string of the molecule is Cc1nn(Cc2ccccc2)c(Cl)c1CS(=O)C1CCCC1. The van der Waals surface area contributed by atoms with Gasteiger partial charge in [-0.25, -0.2) is 4.68 Å². The van der Waals surface area contributed by atoms with Gasteiger partial charge in [0.25, 0.3) is 0 Å². The molecule has 118 valence electrons. The first kappa shape index (κ1) is 15.8. The number of halogens is 1. The number of hydrogen-bond acceptors (Lipinski definition) is 2. The second-order valence-corrected chi connectivity index (χ2v) is 8.00. The van der Waals surface area contributed by atoms with E-state index in [0.717, 1.165) is 29.7 Å². The Morgan fingerprint density at radius 2 is 1.95 bits per heavy atom. The van der Waals surface area contributed by atoms with Crippen LogP contribution in [0.1, 0.15) is 42.5 Å². The van der Waals surface area contributed by atoms with Gasteiger partial charge in [-0.2, -0.15) is 5.10 Å². The second-order valence-electron chi connectivity index (χ2n) is 5.93. The molecule has 1 aliphatic rings. The van der Waals surface area contributed by atoms with Gasteiger partial charge >= 0.3 is 0 Å². The predicted octanol–water partition coefficient (Wildman–Crippen LogP) is 4.08. The lowest BCUT2D eigenvalue weighted by Crippen LogP contribution is -2.12. The van der Waals surface area contributed by atoms with Crippen molar-refractivity contribution in [1.82, 2.24) is 9.78 Å². The first-order chi connectivity index (χ1) is 10.6. The zero-order chi connectivity index (χ0) is 15.5. The summed E-state index contributed by atoms with van der Waals surface area (Å²) in [5.41, 5.74) is 3.01. The van der Waals surface area contributed by atoms with Crippen LogP contribution in [0.4, 0.5) is 0 Å². The average Bonchev–Trinajstić information content (AvgIpc) is 3.13. The molecular weight excluding hydrogens is 316 g/mol. The fraction of sp³-hybridized carbons (Fsp3) is 0.471. The summed E-state index contributed by atoms with van der Waals surface area (Å²) in [6, 6.07) is 10.1. The van der Waals surface area contributed by atoms with E-state index in [1.54, 1.807) is 0 Å². The number of benzene rings is 1. The van der Waals surface area contributed by atoms with Crippen molar-refractivity contribution in [3.05, 3.63) is 52.3 Å². The number of rotatable bonds is 5. The Morgan fingerprint density at radius 3 is 2.64 bits per heavy atom. The highest BCUT2D eigenvalue weighted by molar-refractivity contribution is 7.84. The lowest BCUT2D eigenvalue weighted by Gasteiger charge is -2.09. The molecule has 1 fully saturated rings. The van der Waals surface area contributed by atoms with Crippen LogP contribution in [0.5, 0.6) is 0 Å². The first-order valence-electron chi connectivity index (χ1n) is 7.78. The average molecular weight is 337 g/mol. The van der Waals surface area contributed by atoms with E-state index in [9.17, 15) is 4.21 Å². The van der Waals surface area contributed by atoms with Gasteiger partial charge in [0.2, 0.25) is 0 Å². The predicted molar refractivity (Wildman–Crippen MR) is 91.6 cm³/mol. The highest BCUT2D eigenvalue weighted by atomic mass is 35.5. The quantitative estimate of drug-likeness (QED) is 0.824. The first-order valence-corrected chi connectivity index (χ1v) is 9.54. The van der Waals surface area contributed by atoms with E-state index in [-0.39, 0.29) is 0 Å². The summed E-state index contributed by atoms with van der Waals surface area (Å²) < 4.78 is 14.3. The molecule has 1 aliphatic carbocycles. The summed E-state index contributed by atoms with van der Waals surface area (Å²) in [5, 5.41) is 5.51. The standard InChI is InChI=1S/C17H21ClN2OS/c1-13-16(12-22(21)15-9-5-6-10-15)17(18)20(19-13)11-14-7-3-2-4-8-14/h2-4,7-8,15H,5-6,9-12H2,1H3. The lowest BCUT2D eigenvalue weighted by atomic mass is 10.2. The van der Waals surface area contributed by atoms with Gasteiger partial charge in [-0.1, -0.05) is 54.8 Å². The maximum Gasteiger partial charge on any atom is 0.131 e. The smallest absolute Gasteiger partial charge is 0.131 e. The van der Waals surface area contributed by atoms with E-state index >= 15 is 0 Å². The van der Waals surface area contributed by atoms with Crippen LogP contribution in [0.2, 0.25) is 5.15 Å². The van der Waals surface area contributed by atoms with E-state index in [4.69, 9.17) is 11.6 Å². The minimum Gasteiger partial charge on any atom is -0.259 e. The third kappa shape index (κ3) is 3.44. The fourth-order valence-corrected chi connectivity index (χ4v) is 5.13. The molecule has 0 spiro atoms. The van der Waals surface area contributed by atoms with Gasteiger partial charge < -0.3 is 0 Å². The van der Waals surface area contributed by atoms with Crippen LogP contribution < -0.4 is 0 Å². The molecule has 5 heteroatoms. The van der Waals surface area contributed by atoms with Crippen molar-refractivity contribution in [3.8, 4) is 0 Å². The largest absolute Gasteiger partial charge is 0.259 e. The topological polar surface area (TPSA) is 34.9 Å². The molecule has 1 heterocycles. The molecule has 0 saturated heterocycles. The van der Waals surface area contributed by atoms with E-state index in [0.29, 0.717) is 22.7 Å². The van der Waals surface area contributed by atoms with E-state index < -0.39 is 10.8 Å². The molecule has 0 amide bonds. The van der Waals surface area contributed by atoms with Crippen molar-refractivity contribution in [2.24, 2.45) is 0 Å². The van der Waals surface area contributed by atoms with Crippen molar-refractivity contribution < 1.29 is 4.21 Å². The summed E-state index contributed by atoms with van der Waals surface area (Å²) in [6.45, 7) is 2.60. The number of aryl methyl sites for hydroxylation is 1. The molecule has 22 heavy (non-hydrogen) atoms. The van der Waals surface area contributed by atoms with Gasteiger partial charge in [0, 0.05) is 21.6 Å². The van der Waals surface area contributed by atoms with Crippen molar-refractivity contribution >= 4 is 22.4 Å². The van der Waals surface area contributed by atoms with Gasteiger partial charge in [-0.15, -0.1) is 0 Å². The maximum absolute atomic E-state index is 12.5. The molecule has 1 aromatic heterocycles. The zero-order valence-electron chi connectivity index (χ0n) is 12.8. The summed E-state index contributed by atoms with van der Waals surface area (Å²) >= 11 is 6.50. The van der Waals surface area contributed by atoms with Crippen LogP contribution in [0, 0.1) is 6.92 Å². The van der Waals surface area contributed by atoms with Crippen molar-refractivity contribution in [3.63, 3.8) is 0 Å². The van der Waals surface area contributed by atoms with Crippen LogP contribution in [0.3, 0.4) is 0 Å². The van der Waals surface area contributed by atoms with Crippen LogP contribution in [0.25, 0.3) is 0 Å². The van der Waals surface area contributed by atoms with E-state index in [1.807, 2.05) is 29.8 Å². The Morgan fingerprint density at radius 1 is 1.27 bits per heavy atom. The van der Waals surface area contributed by atoms with Crippen molar-refractivity contribution in [2.75, 3.05) is 0 Å². The number of aromatic nitrogens is 2. The Bertz CT molecular complexity index is 663. The summed E-state index contributed by atoms with van der Waals surface area (Å²) in [7, 11) is -0.838. The summed E-state index contributed by atoms with van der Waals surface area (Å²) in [6.07, 6.45) is 4.58. The van der Waals surface area contributed by atoms with Gasteiger partial charge in [0.15, 0.2) is 0 Å². The maximum atomic E-state index is 12.5. The Kier molecular flexibility index (Phi) is 4.99.